The van der Waals surface area contributed by atoms with Crippen molar-refractivity contribution < 1.29 is 23.5 Å². The van der Waals surface area contributed by atoms with Gasteiger partial charge in [0, 0.05) is 50.6 Å². The van der Waals surface area contributed by atoms with Crippen LogP contribution >= 0.6 is 0 Å². The van der Waals surface area contributed by atoms with Crippen LogP contribution in [0.2, 0.25) is 0 Å². The number of carbonyl (C=O) groups excluding carboxylic acids is 2. The number of anilines is 1. The number of carbonyl (C=O) groups is 2. The van der Waals surface area contributed by atoms with E-state index in [9.17, 15) is 14.0 Å². The van der Waals surface area contributed by atoms with Gasteiger partial charge >= 0.3 is 0 Å². The summed E-state index contributed by atoms with van der Waals surface area (Å²) in [6.45, 7) is 9.00. The lowest BCUT2D eigenvalue weighted by Crippen LogP contribution is -2.46. The predicted octanol–water partition coefficient (Wildman–Crippen LogP) is 4.29. The fourth-order valence-electron chi connectivity index (χ4n) is 4.36. The lowest BCUT2D eigenvalue weighted by molar-refractivity contribution is 0.0108. The van der Waals surface area contributed by atoms with Gasteiger partial charge in [-0.05, 0) is 56.1 Å². The van der Waals surface area contributed by atoms with Crippen LogP contribution < -0.4 is 10.1 Å². The van der Waals surface area contributed by atoms with Crippen LogP contribution in [0.3, 0.4) is 0 Å². The van der Waals surface area contributed by atoms with Crippen LogP contribution in [-0.4, -0.2) is 74.2 Å². The van der Waals surface area contributed by atoms with E-state index in [1.54, 1.807) is 43.3 Å². The summed E-state index contributed by atoms with van der Waals surface area (Å²) < 4.78 is 25.5. The third-order valence-electron chi connectivity index (χ3n) is 6.43. The standard InChI is InChI=1S/C27H36FN3O4/c1-6-12-31-15-18(2)25(34-5)16-30(4)27(33)23-11-10-22(14-24(23)35-17-19(31)3)29-26(32)20-8-7-9-21(28)13-20/h7-11,13-14,18-19,25H,6,12,15-17H2,1-5H3,(H,29,32)/t18-,19+,25+/m0/s1. The van der Waals surface area contributed by atoms with Crippen molar-refractivity contribution in [3.8, 4) is 5.75 Å². The van der Waals surface area contributed by atoms with Crippen LogP contribution in [0.25, 0.3) is 0 Å². The summed E-state index contributed by atoms with van der Waals surface area (Å²) in [5, 5.41) is 2.77. The molecule has 35 heavy (non-hydrogen) atoms. The van der Waals surface area contributed by atoms with E-state index in [1.165, 1.54) is 18.2 Å². The van der Waals surface area contributed by atoms with Gasteiger partial charge in [0.15, 0.2) is 0 Å². The van der Waals surface area contributed by atoms with Crippen LogP contribution in [0, 0.1) is 11.7 Å². The van der Waals surface area contributed by atoms with Gasteiger partial charge in [-0.25, -0.2) is 4.39 Å². The second kappa shape index (κ2) is 12.1. The molecule has 0 aliphatic carbocycles. The summed E-state index contributed by atoms with van der Waals surface area (Å²) in [7, 11) is 3.44. The summed E-state index contributed by atoms with van der Waals surface area (Å²) in [5.74, 6) is -0.494. The predicted molar refractivity (Wildman–Crippen MR) is 135 cm³/mol. The maximum atomic E-state index is 13.5. The third-order valence-corrected chi connectivity index (χ3v) is 6.43. The number of halogens is 1. The topological polar surface area (TPSA) is 71.1 Å². The fourth-order valence-corrected chi connectivity index (χ4v) is 4.36. The Hall–Kier alpha value is -2.97. The van der Waals surface area contributed by atoms with Crippen molar-refractivity contribution in [3.63, 3.8) is 0 Å². The van der Waals surface area contributed by atoms with E-state index in [2.05, 4.69) is 31.0 Å². The van der Waals surface area contributed by atoms with Crippen LogP contribution in [0.1, 0.15) is 47.9 Å². The van der Waals surface area contributed by atoms with Crippen molar-refractivity contribution in [2.45, 2.75) is 39.3 Å². The Kier molecular flexibility index (Phi) is 9.23. The lowest BCUT2D eigenvalue weighted by atomic mass is 10.0. The number of nitrogens with zero attached hydrogens (tertiary/aromatic N) is 2. The van der Waals surface area contributed by atoms with Crippen molar-refractivity contribution in [3.05, 3.63) is 59.4 Å². The number of likely N-dealkylation sites (N-methyl/N-ethyl adjacent to an activating group) is 1. The zero-order valence-corrected chi connectivity index (χ0v) is 21.2. The summed E-state index contributed by atoms with van der Waals surface area (Å²) >= 11 is 0. The van der Waals surface area contributed by atoms with Crippen molar-refractivity contribution in [2.24, 2.45) is 5.92 Å². The van der Waals surface area contributed by atoms with Gasteiger partial charge in [-0.3, -0.25) is 14.5 Å². The molecule has 0 bridgehead atoms. The summed E-state index contributed by atoms with van der Waals surface area (Å²) in [4.78, 5) is 30.0. The van der Waals surface area contributed by atoms with E-state index < -0.39 is 11.7 Å². The maximum absolute atomic E-state index is 13.5. The number of benzene rings is 2. The van der Waals surface area contributed by atoms with Crippen LogP contribution in [-0.2, 0) is 4.74 Å². The van der Waals surface area contributed by atoms with E-state index >= 15 is 0 Å². The third kappa shape index (κ3) is 6.80. The quantitative estimate of drug-likeness (QED) is 0.684. The van der Waals surface area contributed by atoms with Gasteiger partial charge < -0.3 is 19.7 Å². The monoisotopic (exact) mass is 485 g/mol. The number of nitrogens with one attached hydrogen (secondary N) is 1. The number of hydrogen-bond acceptors (Lipinski definition) is 5. The highest BCUT2D eigenvalue weighted by Gasteiger charge is 2.28. The van der Waals surface area contributed by atoms with E-state index in [0.717, 1.165) is 19.5 Å². The number of amides is 2. The van der Waals surface area contributed by atoms with E-state index in [1.807, 2.05) is 0 Å². The smallest absolute Gasteiger partial charge is 0.257 e. The van der Waals surface area contributed by atoms with E-state index in [4.69, 9.17) is 9.47 Å². The molecule has 7 nitrogen and oxygen atoms in total. The molecule has 0 saturated heterocycles. The van der Waals surface area contributed by atoms with Gasteiger partial charge in [-0.15, -0.1) is 0 Å². The molecule has 2 aromatic rings. The van der Waals surface area contributed by atoms with Crippen LogP contribution in [0.4, 0.5) is 10.1 Å². The SMILES string of the molecule is CCCN1C[C@H](C)[C@H](OC)CN(C)C(=O)c2ccc(NC(=O)c3cccc(F)c3)cc2OC[C@H]1C. The van der Waals surface area contributed by atoms with Gasteiger partial charge in [0.25, 0.3) is 11.8 Å². The lowest BCUT2D eigenvalue weighted by Gasteiger charge is -2.35. The van der Waals surface area contributed by atoms with E-state index in [-0.39, 0.29) is 29.5 Å². The van der Waals surface area contributed by atoms with Gasteiger partial charge in [0.05, 0.1) is 11.7 Å². The Morgan fingerprint density at radius 2 is 1.97 bits per heavy atom. The Morgan fingerprint density at radius 1 is 1.20 bits per heavy atom. The Morgan fingerprint density at radius 3 is 2.66 bits per heavy atom. The molecule has 0 aromatic heterocycles. The molecular formula is C27H36FN3O4. The number of methoxy groups -OCH3 is 1. The molecule has 3 rings (SSSR count). The van der Waals surface area contributed by atoms with Crippen molar-refractivity contribution >= 4 is 17.5 Å². The van der Waals surface area contributed by atoms with Crippen molar-refractivity contribution in [1.82, 2.24) is 9.80 Å². The molecular weight excluding hydrogens is 449 g/mol. The normalized spacial score (nSPS) is 21.9. The summed E-state index contributed by atoms with van der Waals surface area (Å²) in [6, 6.07) is 10.6. The van der Waals surface area contributed by atoms with Gasteiger partial charge in [-0.1, -0.05) is 19.9 Å². The van der Waals surface area contributed by atoms with Crippen molar-refractivity contribution in [1.29, 1.82) is 0 Å². The number of fused-ring (bicyclic) bond motifs is 1. The first-order valence-corrected chi connectivity index (χ1v) is 12.1. The summed E-state index contributed by atoms with van der Waals surface area (Å²) in [6.07, 6.45) is 0.907. The molecule has 1 aliphatic heterocycles. The Balaban J connectivity index is 1.91. The second-order valence-electron chi connectivity index (χ2n) is 9.27. The number of ether oxygens (including phenoxy) is 2. The molecule has 0 radical (unpaired) electrons. The number of rotatable bonds is 5. The van der Waals surface area contributed by atoms with Crippen LogP contribution in [0.15, 0.2) is 42.5 Å². The molecule has 2 amide bonds. The first kappa shape index (κ1) is 26.6. The number of hydrogen-bond donors (Lipinski definition) is 1. The minimum Gasteiger partial charge on any atom is -0.491 e. The average Bonchev–Trinajstić information content (AvgIpc) is 2.84. The molecule has 190 valence electrons. The molecule has 0 fully saturated rings. The van der Waals surface area contributed by atoms with Gasteiger partial charge in [-0.2, -0.15) is 0 Å². The van der Waals surface area contributed by atoms with Crippen LogP contribution in [0.5, 0.6) is 5.75 Å². The second-order valence-corrected chi connectivity index (χ2v) is 9.27. The molecule has 0 unspecified atom stereocenters. The first-order chi connectivity index (χ1) is 16.7. The molecule has 8 heteroatoms. The highest BCUT2D eigenvalue weighted by atomic mass is 19.1. The Labute approximate surface area is 207 Å². The zero-order chi connectivity index (χ0) is 25.5. The van der Waals surface area contributed by atoms with Gasteiger partial charge in [0.2, 0.25) is 0 Å². The molecule has 0 spiro atoms. The molecule has 1 heterocycles. The Bertz CT molecular complexity index is 1030. The molecule has 1 aliphatic rings. The largest absolute Gasteiger partial charge is 0.491 e. The molecule has 1 N–H and O–H groups in total. The van der Waals surface area contributed by atoms with Gasteiger partial charge in [0.1, 0.15) is 18.2 Å². The average molecular weight is 486 g/mol. The highest BCUT2D eigenvalue weighted by Crippen LogP contribution is 2.27. The maximum Gasteiger partial charge on any atom is 0.257 e. The molecule has 0 saturated carbocycles. The first-order valence-electron chi connectivity index (χ1n) is 12.1. The molecule has 3 atom stereocenters. The highest BCUT2D eigenvalue weighted by molar-refractivity contribution is 6.05. The van der Waals surface area contributed by atoms with E-state index in [0.29, 0.717) is 30.2 Å². The minimum atomic E-state index is -0.485. The van der Waals surface area contributed by atoms with Crippen molar-refractivity contribution in [2.75, 3.05) is 45.7 Å². The summed E-state index contributed by atoms with van der Waals surface area (Å²) in [5.41, 5.74) is 1.08. The minimum absolute atomic E-state index is 0.107. The zero-order valence-electron chi connectivity index (χ0n) is 21.2. The molecule has 2 aromatic carbocycles. The fraction of sp³-hybridized carbons (Fsp3) is 0.481.